The van der Waals surface area contributed by atoms with E-state index in [2.05, 4.69) is 10.2 Å². The Morgan fingerprint density at radius 3 is 3.00 bits per heavy atom. The summed E-state index contributed by atoms with van der Waals surface area (Å²) in [5.74, 6) is 0.165. The zero-order valence-corrected chi connectivity index (χ0v) is 12.6. The smallest absolute Gasteiger partial charge is 0.410 e. The molecule has 0 N–H and O–H groups in total. The maximum atomic E-state index is 12.1. The van der Waals surface area contributed by atoms with E-state index in [1.54, 1.807) is 6.07 Å². The summed E-state index contributed by atoms with van der Waals surface area (Å²) < 4.78 is 5.14. The molecule has 7 heteroatoms. The van der Waals surface area contributed by atoms with Gasteiger partial charge in [0.25, 0.3) is 0 Å². The third-order valence-corrected chi connectivity index (χ3v) is 4.64. The lowest BCUT2D eigenvalue weighted by molar-refractivity contribution is 0.101. The Labute approximate surface area is 127 Å². The topological polar surface area (TPSA) is 55.3 Å². The maximum absolute atomic E-state index is 12.1. The van der Waals surface area contributed by atoms with Crippen molar-refractivity contribution in [1.82, 2.24) is 15.1 Å². The summed E-state index contributed by atoms with van der Waals surface area (Å²) in [5, 5.41) is 8.30. The van der Waals surface area contributed by atoms with Gasteiger partial charge in [0, 0.05) is 18.0 Å². The average molecular weight is 316 g/mol. The molecule has 2 bridgehead atoms. The van der Waals surface area contributed by atoms with Crippen LogP contribution >= 0.6 is 23.2 Å². The van der Waals surface area contributed by atoms with Crippen LogP contribution in [0.4, 0.5) is 4.79 Å². The molecule has 2 saturated heterocycles. The van der Waals surface area contributed by atoms with E-state index in [1.165, 1.54) is 0 Å². The van der Waals surface area contributed by atoms with Crippen molar-refractivity contribution in [3.63, 3.8) is 0 Å². The molecule has 0 radical (unpaired) electrons. The molecule has 3 rings (SSSR count). The van der Waals surface area contributed by atoms with Gasteiger partial charge in [-0.2, -0.15) is 0 Å². The Hall–Kier alpha value is -1.07. The van der Waals surface area contributed by atoms with Crippen LogP contribution in [0.25, 0.3) is 0 Å². The van der Waals surface area contributed by atoms with Gasteiger partial charge in [-0.1, -0.05) is 23.2 Å². The van der Waals surface area contributed by atoms with Crippen LogP contribution in [0.15, 0.2) is 6.07 Å². The summed E-state index contributed by atoms with van der Waals surface area (Å²) in [6.45, 7) is 2.21. The third-order valence-electron chi connectivity index (χ3n) is 4.16. The molecule has 20 heavy (non-hydrogen) atoms. The number of carbonyl (C=O) groups excluding carboxylic acids is 1. The Morgan fingerprint density at radius 2 is 2.25 bits per heavy atom. The first-order valence-electron chi connectivity index (χ1n) is 6.75. The van der Waals surface area contributed by atoms with Crippen LogP contribution in [0.3, 0.4) is 0 Å². The molecule has 0 unspecified atom stereocenters. The second-order valence-corrected chi connectivity index (χ2v) is 5.91. The van der Waals surface area contributed by atoms with Gasteiger partial charge < -0.3 is 9.64 Å². The highest BCUT2D eigenvalue weighted by molar-refractivity contribution is 6.31. The zero-order chi connectivity index (χ0) is 14.3. The molecule has 2 aliphatic heterocycles. The monoisotopic (exact) mass is 315 g/mol. The van der Waals surface area contributed by atoms with Crippen molar-refractivity contribution in [3.8, 4) is 0 Å². The van der Waals surface area contributed by atoms with Crippen LogP contribution < -0.4 is 0 Å². The predicted octanol–water partition coefficient (Wildman–Crippen LogP) is 3.26. The fraction of sp³-hybridized carbons (Fsp3) is 0.615. The lowest BCUT2D eigenvalue weighted by atomic mass is 9.85. The van der Waals surface area contributed by atoms with Gasteiger partial charge in [0.1, 0.15) is 0 Å². The number of nitrogens with zero attached hydrogens (tertiary/aromatic N) is 3. The second-order valence-electron chi connectivity index (χ2n) is 5.16. The molecular weight excluding hydrogens is 301 g/mol. The highest BCUT2D eigenvalue weighted by atomic mass is 35.5. The van der Waals surface area contributed by atoms with E-state index in [9.17, 15) is 4.79 Å². The molecule has 108 valence electrons. The fourth-order valence-electron chi connectivity index (χ4n) is 3.43. The number of fused-ring (bicyclic) bond motifs is 2. The van der Waals surface area contributed by atoms with Gasteiger partial charge in [-0.25, -0.2) is 4.79 Å². The van der Waals surface area contributed by atoms with Crippen molar-refractivity contribution in [1.29, 1.82) is 0 Å². The highest BCUT2D eigenvalue weighted by Gasteiger charge is 2.50. The van der Waals surface area contributed by atoms with E-state index >= 15 is 0 Å². The van der Waals surface area contributed by atoms with E-state index < -0.39 is 0 Å². The average Bonchev–Trinajstić information content (AvgIpc) is 2.99. The van der Waals surface area contributed by atoms with Gasteiger partial charge in [-0.15, -0.1) is 10.2 Å². The van der Waals surface area contributed by atoms with Crippen LogP contribution in [0.5, 0.6) is 0 Å². The first-order chi connectivity index (χ1) is 9.61. The van der Waals surface area contributed by atoms with Crippen LogP contribution in [0.1, 0.15) is 37.7 Å². The minimum absolute atomic E-state index is 0.122. The standard InChI is InChI=1S/C13H15Cl2N3O2/c1-2-20-13(19)18-7-3-4-10(18)8(5-7)9-6-11(14)16-17-12(9)15/h6-8,10H,2-5H2,1H3/t7-,8+,10+/m0/s1. The molecule has 5 nitrogen and oxygen atoms in total. The SMILES string of the molecule is CCOC(=O)N1[C@H]2CC[C@@H]1[C@@H](c1cc(Cl)nnc1Cl)C2. The molecule has 2 aliphatic rings. The van der Waals surface area contributed by atoms with Gasteiger partial charge in [0.15, 0.2) is 10.3 Å². The molecule has 0 spiro atoms. The van der Waals surface area contributed by atoms with Crippen LogP contribution in [-0.2, 0) is 4.74 Å². The lowest BCUT2D eigenvalue weighted by Crippen LogP contribution is -2.36. The van der Waals surface area contributed by atoms with Crippen LogP contribution in [0.2, 0.25) is 10.3 Å². The molecule has 2 fully saturated rings. The van der Waals surface area contributed by atoms with Crippen molar-refractivity contribution in [3.05, 3.63) is 21.9 Å². The largest absolute Gasteiger partial charge is 0.450 e. The number of hydrogen-bond acceptors (Lipinski definition) is 4. The van der Waals surface area contributed by atoms with Crippen molar-refractivity contribution >= 4 is 29.3 Å². The zero-order valence-electron chi connectivity index (χ0n) is 11.1. The highest BCUT2D eigenvalue weighted by Crippen LogP contribution is 2.48. The van der Waals surface area contributed by atoms with Gasteiger partial charge in [-0.3, -0.25) is 0 Å². The normalized spacial score (nSPS) is 27.9. The lowest BCUT2D eigenvalue weighted by Gasteiger charge is -2.24. The first-order valence-corrected chi connectivity index (χ1v) is 7.51. The van der Waals surface area contributed by atoms with Gasteiger partial charge in [0.2, 0.25) is 0 Å². The van der Waals surface area contributed by atoms with Gasteiger partial charge in [0.05, 0.1) is 6.61 Å². The van der Waals surface area contributed by atoms with Crippen molar-refractivity contribution in [2.45, 2.75) is 44.2 Å². The summed E-state index contributed by atoms with van der Waals surface area (Å²) >= 11 is 12.0. The van der Waals surface area contributed by atoms with Crippen LogP contribution in [-0.4, -0.2) is 39.9 Å². The molecular formula is C13H15Cl2N3O2. The minimum atomic E-state index is -0.230. The summed E-state index contributed by atoms with van der Waals surface area (Å²) in [7, 11) is 0. The molecule has 1 aromatic heterocycles. The maximum Gasteiger partial charge on any atom is 0.410 e. The summed E-state index contributed by atoms with van der Waals surface area (Å²) in [6.07, 6.45) is 2.63. The molecule has 1 amide bonds. The Bertz CT molecular complexity index is 540. The van der Waals surface area contributed by atoms with Crippen molar-refractivity contribution in [2.75, 3.05) is 6.61 Å². The van der Waals surface area contributed by atoms with Crippen molar-refractivity contribution < 1.29 is 9.53 Å². The Morgan fingerprint density at radius 1 is 1.45 bits per heavy atom. The number of hydrogen-bond donors (Lipinski definition) is 0. The molecule has 1 aromatic rings. The summed E-state index contributed by atoms with van der Waals surface area (Å²) in [5.41, 5.74) is 0.883. The number of amides is 1. The van der Waals surface area contributed by atoms with Crippen molar-refractivity contribution in [2.24, 2.45) is 0 Å². The second kappa shape index (κ2) is 5.37. The molecule has 3 heterocycles. The number of carbonyl (C=O) groups is 1. The first kappa shape index (κ1) is 13.9. The van der Waals surface area contributed by atoms with E-state index in [-0.39, 0.29) is 24.1 Å². The molecule has 0 aromatic carbocycles. The van der Waals surface area contributed by atoms with E-state index in [0.29, 0.717) is 16.9 Å². The Kier molecular flexibility index (Phi) is 3.73. The number of halogens is 2. The summed E-state index contributed by atoms with van der Waals surface area (Å²) in [4.78, 5) is 13.9. The number of rotatable bonds is 2. The molecule has 3 atom stereocenters. The van der Waals surface area contributed by atoms with E-state index in [0.717, 1.165) is 24.8 Å². The van der Waals surface area contributed by atoms with Gasteiger partial charge in [-0.05, 0) is 37.8 Å². The number of ether oxygens (including phenoxy) is 1. The minimum Gasteiger partial charge on any atom is -0.450 e. The summed E-state index contributed by atoms with van der Waals surface area (Å²) in [6, 6.07) is 2.11. The fourth-order valence-corrected chi connectivity index (χ4v) is 3.82. The van der Waals surface area contributed by atoms with Crippen LogP contribution in [0, 0.1) is 0 Å². The van der Waals surface area contributed by atoms with Gasteiger partial charge >= 0.3 is 6.09 Å². The quantitative estimate of drug-likeness (QED) is 0.840. The third kappa shape index (κ3) is 2.23. The Balaban J connectivity index is 1.87. The van der Waals surface area contributed by atoms with E-state index in [4.69, 9.17) is 27.9 Å². The molecule has 0 saturated carbocycles. The molecule has 0 aliphatic carbocycles. The van der Waals surface area contributed by atoms with E-state index in [1.807, 2.05) is 11.8 Å². The number of aromatic nitrogens is 2. The predicted molar refractivity (Wildman–Crippen MR) is 75.1 cm³/mol.